The van der Waals surface area contributed by atoms with E-state index in [2.05, 4.69) is 68.2 Å². The van der Waals surface area contributed by atoms with E-state index in [4.69, 9.17) is 0 Å². The summed E-state index contributed by atoms with van der Waals surface area (Å²) in [6, 6.07) is 6.84. The molecule has 1 N–H and O–H groups in total. The van der Waals surface area contributed by atoms with Crippen LogP contribution in [0.4, 0.5) is 0 Å². The van der Waals surface area contributed by atoms with Crippen molar-refractivity contribution in [2.75, 3.05) is 20.1 Å². The molecule has 0 saturated carbocycles. The fourth-order valence-electron chi connectivity index (χ4n) is 2.95. The van der Waals surface area contributed by atoms with Gasteiger partial charge in [0.15, 0.2) is 0 Å². The number of benzene rings is 1. The quantitative estimate of drug-likeness (QED) is 0.822. The van der Waals surface area contributed by atoms with Crippen LogP contribution < -0.4 is 0 Å². The van der Waals surface area contributed by atoms with E-state index in [9.17, 15) is 0 Å². The van der Waals surface area contributed by atoms with Gasteiger partial charge in [0.05, 0.1) is 0 Å². The van der Waals surface area contributed by atoms with E-state index in [1.807, 2.05) is 0 Å². The standard InChI is InChI=1S/C18H24N2/c1-18(2,3)14-7-8-15-16(11-19-17(15)10-14)13-6-5-9-20(4)12-13/h6-8,10-11,19H,5,9,12H2,1-4H3. The minimum absolute atomic E-state index is 0.198. The van der Waals surface area contributed by atoms with E-state index in [1.54, 1.807) is 0 Å². The third kappa shape index (κ3) is 2.40. The molecule has 2 nitrogen and oxygen atoms in total. The molecular weight excluding hydrogens is 244 g/mol. The van der Waals surface area contributed by atoms with Crippen molar-refractivity contribution in [3.05, 3.63) is 41.6 Å². The highest BCUT2D eigenvalue weighted by atomic mass is 15.1. The third-order valence-corrected chi connectivity index (χ3v) is 4.24. The third-order valence-electron chi connectivity index (χ3n) is 4.24. The molecule has 1 aromatic carbocycles. The maximum atomic E-state index is 3.45. The van der Waals surface area contributed by atoms with Gasteiger partial charge in [0.1, 0.15) is 0 Å². The van der Waals surface area contributed by atoms with Crippen LogP contribution in [0.25, 0.3) is 16.5 Å². The van der Waals surface area contributed by atoms with Gasteiger partial charge in [-0.2, -0.15) is 0 Å². The molecule has 2 heteroatoms. The van der Waals surface area contributed by atoms with Crippen LogP contribution >= 0.6 is 0 Å². The van der Waals surface area contributed by atoms with Gasteiger partial charge in [-0.25, -0.2) is 0 Å². The van der Waals surface area contributed by atoms with Crippen molar-refractivity contribution in [2.45, 2.75) is 32.6 Å². The van der Waals surface area contributed by atoms with Gasteiger partial charge in [-0.05, 0) is 36.1 Å². The van der Waals surface area contributed by atoms with Crippen molar-refractivity contribution in [1.29, 1.82) is 0 Å². The SMILES string of the molecule is CN1CCC=C(c2c[nH]c3cc(C(C)(C)C)ccc23)C1. The van der Waals surface area contributed by atoms with Gasteiger partial charge in [0, 0.05) is 35.8 Å². The molecule has 0 radical (unpaired) electrons. The molecule has 1 aliphatic heterocycles. The Bertz CT molecular complexity index is 656. The Morgan fingerprint density at radius 1 is 1.20 bits per heavy atom. The summed E-state index contributed by atoms with van der Waals surface area (Å²) >= 11 is 0. The van der Waals surface area contributed by atoms with Crippen molar-refractivity contribution in [1.82, 2.24) is 9.88 Å². The normalized spacial score (nSPS) is 17.5. The molecule has 106 valence electrons. The lowest BCUT2D eigenvalue weighted by atomic mass is 9.86. The van der Waals surface area contributed by atoms with E-state index >= 15 is 0 Å². The number of fused-ring (bicyclic) bond motifs is 1. The van der Waals surface area contributed by atoms with Gasteiger partial charge in [-0.3, -0.25) is 0 Å². The van der Waals surface area contributed by atoms with Crippen molar-refractivity contribution in [3.63, 3.8) is 0 Å². The van der Waals surface area contributed by atoms with Crippen LogP contribution in [0.15, 0.2) is 30.5 Å². The number of nitrogens with zero attached hydrogens (tertiary/aromatic N) is 1. The maximum absolute atomic E-state index is 3.45. The molecule has 2 heterocycles. The second-order valence-electron chi connectivity index (χ2n) is 6.97. The molecule has 1 aliphatic rings. The molecule has 0 aliphatic carbocycles. The molecule has 2 aromatic rings. The van der Waals surface area contributed by atoms with Crippen molar-refractivity contribution in [3.8, 4) is 0 Å². The van der Waals surface area contributed by atoms with Crippen LogP contribution in [0, 0.1) is 0 Å². The van der Waals surface area contributed by atoms with Gasteiger partial charge < -0.3 is 9.88 Å². The topological polar surface area (TPSA) is 19.0 Å². The Morgan fingerprint density at radius 2 is 2.00 bits per heavy atom. The molecule has 0 saturated heterocycles. The minimum atomic E-state index is 0.198. The second kappa shape index (κ2) is 4.78. The summed E-state index contributed by atoms with van der Waals surface area (Å²) in [6.45, 7) is 9.00. The van der Waals surface area contributed by atoms with E-state index in [0.717, 1.165) is 13.0 Å². The fraction of sp³-hybridized carbons (Fsp3) is 0.444. The monoisotopic (exact) mass is 268 g/mol. The highest BCUT2D eigenvalue weighted by molar-refractivity contribution is 5.93. The summed E-state index contributed by atoms with van der Waals surface area (Å²) in [4.78, 5) is 5.84. The van der Waals surface area contributed by atoms with E-state index < -0.39 is 0 Å². The summed E-state index contributed by atoms with van der Waals surface area (Å²) in [5, 5.41) is 1.35. The molecule has 0 spiro atoms. The number of hydrogen-bond acceptors (Lipinski definition) is 1. The van der Waals surface area contributed by atoms with Gasteiger partial charge in [0.2, 0.25) is 0 Å². The van der Waals surface area contributed by atoms with Gasteiger partial charge in [-0.1, -0.05) is 39.0 Å². The summed E-state index contributed by atoms with van der Waals surface area (Å²) in [5.74, 6) is 0. The summed E-state index contributed by atoms with van der Waals surface area (Å²) in [6.07, 6.45) is 5.71. The molecule has 0 bridgehead atoms. The number of aromatic amines is 1. The van der Waals surface area contributed by atoms with Gasteiger partial charge >= 0.3 is 0 Å². The highest BCUT2D eigenvalue weighted by Crippen LogP contribution is 2.31. The number of hydrogen-bond donors (Lipinski definition) is 1. The van der Waals surface area contributed by atoms with Crippen LogP contribution in [0.5, 0.6) is 0 Å². The predicted molar refractivity (Wildman–Crippen MR) is 87.1 cm³/mol. The first-order valence-electron chi connectivity index (χ1n) is 7.45. The smallest absolute Gasteiger partial charge is 0.0463 e. The largest absolute Gasteiger partial charge is 0.361 e. The van der Waals surface area contributed by atoms with Crippen LogP contribution in [0.2, 0.25) is 0 Å². The number of H-pyrrole nitrogens is 1. The molecule has 0 atom stereocenters. The predicted octanol–water partition coefficient (Wildman–Crippen LogP) is 4.18. The summed E-state index contributed by atoms with van der Waals surface area (Å²) in [5.41, 5.74) is 5.65. The lowest BCUT2D eigenvalue weighted by Crippen LogP contribution is -2.24. The number of aromatic nitrogens is 1. The van der Waals surface area contributed by atoms with Crippen LogP contribution in [0.1, 0.15) is 38.3 Å². The van der Waals surface area contributed by atoms with E-state index in [-0.39, 0.29) is 5.41 Å². The van der Waals surface area contributed by atoms with E-state index in [0.29, 0.717) is 0 Å². The molecule has 0 amide bonds. The first kappa shape index (κ1) is 13.4. The summed E-state index contributed by atoms with van der Waals surface area (Å²) in [7, 11) is 2.19. The molecule has 3 rings (SSSR count). The zero-order chi connectivity index (χ0) is 14.3. The Balaban J connectivity index is 2.04. The number of likely N-dealkylation sites (N-methyl/N-ethyl adjacent to an activating group) is 1. The average molecular weight is 268 g/mol. The van der Waals surface area contributed by atoms with Crippen LogP contribution in [-0.2, 0) is 5.41 Å². The first-order chi connectivity index (χ1) is 9.45. The maximum Gasteiger partial charge on any atom is 0.0463 e. The van der Waals surface area contributed by atoms with E-state index in [1.165, 1.54) is 34.1 Å². The molecule has 20 heavy (non-hydrogen) atoms. The Labute approximate surface area is 121 Å². The van der Waals surface area contributed by atoms with Crippen molar-refractivity contribution in [2.24, 2.45) is 0 Å². The fourth-order valence-corrected chi connectivity index (χ4v) is 2.95. The van der Waals surface area contributed by atoms with Crippen LogP contribution in [-0.4, -0.2) is 30.0 Å². The Kier molecular flexibility index (Phi) is 3.21. The highest BCUT2D eigenvalue weighted by Gasteiger charge is 2.17. The lowest BCUT2D eigenvalue weighted by Gasteiger charge is -2.23. The number of rotatable bonds is 1. The average Bonchev–Trinajstić information content (AvgIpc) is 2.80. The summed E-state index contributed by atoms with van der Waals surface area (Å²) < 4.78 is 0. The van der Waals surface area contributed by atoms with Gasteiger partial charge in [0.25, 0.3) is 0 Å². The Morgan fingerprint density at radius 3 is 2.70 bits per heavy atom. The van der Waals surface area contributed by atoms with Gasteiger partial charge in [-0.15, -0.1) is 0 Å². The number of nitrogens with one attached hydrogen (secondary N) is 1. The minimum Gasteiger partial charge on any atom is -0.361 e. The first-order valence-corrected chi connectivity index (χ1v) is 7.45. The Hall–Kier alpha value is -1.54. The molecule has 0 fully saturated rings. The molecule has 1 aromatic heterocycles. The lowest BCUT2D eigenvalue weighted by molar-refractivity contribution is 0.373. The molecule has 0 unspecified atom stereocenters. The zero-order valence-corrected chi connectivity index (χ0v) is 13.0. The zero-order valence-electron chi connectivity index (χ0n) is 13.0. The molecular formula is C18H24N2. The second-order valence-corrected chi connectivity index (χ2v) is 6.97. The van der Waals surface area contributed by atoms with Crippen molar-refractivity contribution < 1.29 is 0 Å². The van der Waals surface area contributed by atoms with Crippen molar-refractivity contribution >= 4 is 16.5 Å². The van der Waals surface area contributed by atoms with Crippen LogP contribution in [0.3, 0.4) is 0 Å².